The second-order valence-electron chi connectivity index (χ2n) is 7.76. The number of benzene rings is 2. The topological polar surface area (TPSA) is 69.3 Å². The molecule has 0 fully saturated rings. The largest absolute Gasteiger partial charge is 0.485 e. The van der Waals surface area contributed by atoms with E-state index in [1.165, 1.54) is 6.07 Å². The number of aryl methyl sites for hydroxylation is 3. The zero-order valence-electron chi connectivity index (χ0n) is 18.5. The van der Waals surface area contributed by atoms with E-state index >= 15 is 0 Å². The van der Waals surface area contributed by atoms with E-state index in [0.717, 1.165) is 22.6 Å². The molecule has 2 aromatic heterocycles. The lowest BCUT2D eigenvalue weighted by molar-refractivity contribution is 0.0992. The third kappa shape index (κ3) is 5.09. The summed E-state index contributed by atoms with van der Waals surface area (Å²) in [5, 5.41) is 7.38. The van der Waals surface area contributed by atoms with E-state index in [1.54, 1.807) is 35.0 Å². The lowest BCUT2D eigenvalue weighted by Gasteiger charge is -2.10. The molecule has 0 aliphatic rings. The van der Waals surface area contributed by atoms with Gasteiger partial charge in [-0.05, 0) is 56.2 Å². The van der Waals surface area contributed by atoms with Crippen LogP contribution in [-0.2, 0) is 13.2 Å². The molecule has 8 heteroatoms. The van der Waals surface area contributed by atoms with Gasteiger partial charge in [-0.2, -0.15) is 5.10 Å². The van der Waals surface area contributed by atoms with Crippen LogP contribution in [0, 0.1) is 26.6 Å². The number of carbonyl (C=O) groups is 1. The fourth-order valence-corrected chi connectivity index (χ4v) is 3.71. The van der Waals surface area contributed by atoms with Gasteiger partial charge in [0.05, 0.1) is 6.54 Å². The summed E-state index contributed by atoms with van der Waals surface area (Å²) < 4.78 is 27.2. The summed E-state index contributed by atoms with van der Waals surface area (Å²) in [5.41, 5.74) is 3.14. The van der Waals surface area contributed by atoms with Crippen molar-refractivity contribution in [2.75, 3.05) is 5.32 Å². The second-order valence-corrected chi connectivity index (χ2v) is 8.17. The fraction of sp³-hybridized carbons (Fsp3) is 0.200. The highest BCUT2D eigenvalue weighted by molar-refractivity contribution is 6.31. The molecule has 6 nitrogen and oxygen atoms in total. The van der Waals surface area contributed by atoms with Gasteiger partial charge in [-0.1, -0.05) is 35.9 Å². The summed E-state index contributed by atoms with van der Waals surface area (Å²) >= 11 is 6.11. The molecule has 1 amide bonds. The molecule has 0 radical (unpaired) electrons. The lowest BCUT2D eigenvalue weighted by atomic mass is 10.1. The zero-order chi connectivity index (χ0) is 23.5. The van der Waals surface area contributed by atoms with E-state index in [9.17, 15) is 9.18 Å². The Morgan fingerprint density at radius 2 is 1.85 bits per heavy atom. The summed E-state index contributed by atoms with van der Waals surface area (Å²) in [6, 6.07) is 15.4. The summed E-state index contributed by atoms with van der Waals surface area (Å²) in [6.07, 6.45) is 0. The Kier molecular flexibility index (Phi) is 6.51. The number of nitrogens with one attached hydrogen (secondary N) is 1. The van der Waals surface area contributed by atoms with Gasteiger partial charge >= 0.3 is 0 Å². The minimum atomic E-state index is -0.443. The molecule has 4 rings (SSSR count). The minimum Gasteiger partial charge on any atom is -0.485 e. The highest BCUT2D eigenvalue weighted by Crippen LogP contribution is 2.24. The van der Waals surface area contributed by atoms with Crippen molar-refractivity contribution in [2.45, 2.75) is 33.9 Å². The fourth-order valence-electron chi connectivity index (χ4n) is 3.49. The number of para-hydroxylation sites is 1. The maximum absolute atomic E-state index is 14.1. The van der Waals surface area contributed by atoms with Crippen LogP contribution in [0.3, 0.4) is 0 Å². The van der Waals surface area contributed by atoms with Crippen LogP contribution in [0.4, 0.5) is 10.2 Å². The molecule has 33 heavy (non-hydrogen) atoms. The molecule has 4 aromatic rings. The van der Waals surface area contributed by atoms with Crippen molar-refractivity contribution in [3.8, 4) is 5.75 Å². The third-order valence-corrected chi connectivity index (χ3v) is 5.60. The van der Waals surface area contributed by atoms with Crippen molar-refractivity contribution in [3.63, 3.8) is 0 Å². The van der Waals surface area contributed by atoms with Crippen LogP contribution in [-0.4, -0.2) is 15.7 Å². The van der Waals surface area contributed by atoms with Gasteiger partial charge in [0.15, 0.2) is 11.6 Å². The number of hydrogen-bond acceptors (Lipinski definition) is 4. The second kappa shape index (κ2) is 9.50. The Morgan fingerprint density at radius 3 is 2.58 bits per heavy atom. The lowest BCUT2D eigenvalue weighted by Crippen LogP contribution is -2.12. The molecular weight excluding hydrogens is 445 g/mol. The van der Waals surface area contributed by atoms with Gasteiger partial charge in [0.2, 0.25) is 0 Å². The molecule has 0 aliphatic heterocycles. The smallest absolute Gasteiger partial charge is 0.292 e. The van der Waals surface area contributed by atoms with Crippen molar-refractivity contribution in [3.05, 3.63) is 99.3 Å². The number of carbonyl (C=O) groups excluding carboxylic acids is 1. The number of hydrogen-bond donors (Lipinski definition) is 1. The molecule has 1 N–H and O–H groups in total. The Labute approximate surface area is 195 Å². The highest BCUT2D eigenvalue weighted by atomic mass is 35.5. The highest BCUT2D eigenvalue weighted by Gasteiger charge is 2.16. The number of furan rings is 1. The van der Waals surface area contributed by atoms with Gasteiger partial charge in [-0.3, -0.25) is 9.48 Å². The van der Waals surface area contributed by atoms with Crippen molar-refractivity contribution >= 4 is 23.3 Å². The Hall–Kier alpha value is -3.58. The summed E-state index contributed by atoms with van der Waals surface area (Å²) in [5.74, 6) is 0.944. The molecule has 2 aromatic carbocycles. The number of halogens is 2. The Bertz CT molecular complexity index is 1270. The standard InChI is InChI=1S/C25H23ClFN3O3/c1-15-6-4-7-16(2)24(15)32-14-18-10-11-22(33-18)25(31)28-23-12-17(3)30(29-23)13-19-20(26)8-5-9-21(19)27/h4-12H,13-14H2,1-3H3,(H,28,29,31). The Morgan fingerprint density at radius 1 is 1.12 bits per heavy atom. The number of rotatable bonds is 7. The number of anilines is 1. The van der Waals surface area contributed by atoms with Gasteiger partial charge in [-0.25, -0.2) is 4.39 Å². The van der Waals surface area contributed by atoms with Crippen molar-refractivity contribution < 1.29 is 18.3 Å². The van der Waals surface area contributed by atoms with Crippen molar-refractivity contribution in [1.29, 1.82) is 0 Å². The summed E-state index contributed by atoms with van der Waals surface area (Å²) in [6.45, 7) is 6.12. The number of amides is 1. The van der Waals surface area contributed by atoms with E-state index in [-0.39, 0.29) is 18.9 Å². The van der Waals surface area contributed by atoms with Crippen LogP contribution in [0.1, 0.15) is 38.7 Å². The molecule has 0 aliphatic carbocycles. The molecule has 0 saturated carbocycles. The van der Waals surface area contributed by atoms with Crippen LogP contribution in [0.5, 0.6) is 5.75 Å². The average Bonchev–Trinajstić information content (AvgIpc) is 3.37. The normalized spacial score (nSPS) is 10.9. The minimum absolute atomic E-state index is 0.138. The summed E-state index contributed by atoms with van der Waals surface area (Å²) in [7, 11) is 0. The molecule has 170 valence electrons. The van der Waals surface area contributed by atoms with E-state index < -0.39 is 11.7 Å². The van der Waals surface area contributed by atoms with Gasteiger partial charge in [0.25, 0.3) is 5.91 Å². The third-order valence-electron chi connectivity index (χ3n) is 5.25. The van der Waals surface area contributed by atoms with Crippen LogP contribution >= 0.6 is 11.6 Å². The maximum atomic E-state index is 14.1. The average molecular weight is 468 g/mol. The zero-order valence-corrected chi connectivity index (χ0v) is 19.2. The predicted molar refractivity (Wildman–Crippen MR) is 124 cm³/mol. The molecule has 2 heterocycles. The monoisotopic (exact) mass is 467 g/mol. The number of nitrogens with zero attached hydrogens (tertiary/aromatic N) is 2. The van der Waals surface area contributed by atoms with Gasteiger partial charge in [0.1, 0.15) is 23.9 Å². The number of ether oxygens (including phenoxy) is 1. The first kappa shape index (κ1) is 22.6. The van der Waals surface area contributed by atoms with Crippen LogP contribution in [0.15, 0.2) is 59.0 Å². The molecular formula is C25H23ClFN3O3. The molecule has 0 atom stereocenters. The van der Waals surface area contributed by atoms with Crippen LogP contribution in [0.2, 0.25) is 5.02 Å². The van der Waals surface area contributed by atoms with E-state index in [1.807, 2.05) is 39.0 Å². The van der Waals surface area contributed by atoms with Crippen LogP contribution < -0.4 is 10.1 Å². The van der Waals surface area contributed by atoms with Gasteiger partial charge < -0.3 is 14.5 Å². The SMILES string of the molecule is Cc1cccc(C)c1OCc1ccc(C(=O)Nc2cc(C)n(Cc3c(F)cccc3Cl)n2)o1. The molecule has 0 saturated heterocycles. The molecule has 0 spiro atoms. The van der Waals surface area contributed by atoms with E-state index in [0.29, 0.717) is 22.2 Å². The molecule has 0 bridgehead atoms. The first-order chi connectivity index (χ1) is 15.8. The number of aromatic nitrogens is 2. The first-order valence-electron chi connectivity index (χ1n) is 10.4. The first-order valence-corrected chi connectivity index (χ1v) is 10.8. The van der Waals surface area contributed by atoms with Crippen molar-refractivity contribution in [1.82, 2.24) is 9.78 Å². The van der Waals surface area contributed by atoms with E-state index in [4.69, 9.17) is 20.8 Å². The maximum Gasteiger partial charge on any atom is 0.292 e. The van der Waals surface area contributed by atoms with Gasteiger partial charge in [-0.15, -0.1) is 0 Å². The van der Waals surface area contributed by atoms with Crippen molar-refractivity contribution in [2.24, 2.45) is 0 Å². The predicted octanol–water partition coefficient (Wildman–Crippen LogP) is 6.07. The summed E-state index contributed by atoms with van der Waals surface area (Å²) in [4.78, 5) is 12.6. The Balaban J connectivity index is 1.41. The van der Waals surface area contributed by atoms with E-state index in [2.05, 4.69) is 10.4 Å². The molecule has 0 unspecified atom stereocenters. The van der Waals surface area contributed by atoms with Gasteiger partial charge in [0, 0.05) is 22.3 Å². The quantitative estimate of drug-likeness (QED) is 0.358. The van der Waals surface area contributed by atoms with Crippen LogP contribution in [0.25, 0.3) is 0 Å².